The minimum absolute atomic E-state index is 0.0654. The summed E-state index contributed by atoms with van der Waals surface area (Å²) in [6, 6.07) is 20.7. The number of nitro benzene ring substituents is 1. The number of aliphatic hydroxyl groups excluding tert-OH is 1. The zero-order valence-corrected chi connectivity index (χ0v) is 19.6. The number of anilines is 1. The summed E-state index contributed by atoms with van der Waals surface area (Å²) in [5, 5.41) is 20.0. The number of hydrogen-bond donors (Lipinski definition) is 1. The summed E-state index contributed by atoms with van der Waals surface area (Å²) < 4.78 is 5.77. The predicted octanol–water partition coefficient (Wildman–Crippen LogP) is 6.15. The van der Waals surface area contributed by atoms with E-state index < -0.39 is 4.92 Å². The molecule has 6 nitrogen and oxygen atoms in total. The average molecular weight is 459 g/mol. The third kappa shape index (κ3) is 6.80. The summed E-state index contributed by atoms with van der Waals surface area (Å²) in [6.07, 6.45) is 7.86. The summed E-state index contributed by atoms with van der Waals surface area (Å²) in [6.45, 7) is 6.38. The molecule has 3 aromatic rings. The van der Waals surface area contributed by atoms with Crippen LogP contribution in [0.2, 0.25) is 0 Å². The molecule has 0 fully saturated rings. The first-order valence-electron chi connectivity index (χ1n) is 11.4. The van der Waals surface area contributed by atoms with E-state index in [-0.39, 0.29) is 18.9 Å². The van der Waals surface area contributed by atoms with Crippen LogP contribution in [0, 0.1) is 10.1 Å². The minimum atomic E-state index is -0.413. The smallest absolute Gasteiger partial charge is 0.269 e. The van der Waals surface area contributed by atoms with Crippen molar-refractivity contribution in [2.45, 2.75) is 13.8 Å². The first-order chi connectivity index (χ1) is 16.5. The van der Waals surface area contributed by atoms with Crippen molar-refractivity contribution in [2.24, 2.45) is 0 Å². The number of ether oxygens (including phenoxy) is 1. The molecule has 0 amide bonds. The Balaban J connectivity index is 1.77. The molecule has 3 rings (SSSR count). The van der Waals surface area contributed by atoms with E-state index >= 15 is 0 Å². The molecule has 0 saturated carbocycles. The van der Waals surface area contributed by atoms with Crippen LogP contribution in [0.15, 0.2) is 66.7 Å². The van der Waals surface area contributed by atoms with Crippen molar-refractivity contribution in [2.75, 3.05) is 31.2 Å². The fourth-order valence-electron chi connectivity index (χ4n) is 3.54. The van der Waals surface area contributed by atoms with E-state index in [1.54, 1.807) is 12.1 Å². The van der Waals surface area contributed by atoms with Crippen molar-refractivity contribution < 1.29 is 14.8 Å². The summed E-state index contributed by atoms with van der Waals surface area (Å²) >= 11 is 0. The SMILES string of the molecule is CCN(CC)c1ccc(/C=C/c2ccc(/C=C/c3ccc([N+](=O)[O-])cc3)cc2OCCO)cc1. The van der Waals surface area contributed by atoms with Gasteiger partial charge in [-0.15, -0.1) is 0 Å². The van der Waals surface area contributed by atoms with Gasteiger partial charge in [-0.3, -0.25) is 10.1 Å². The molecular weight excluding hydrogens is 428 g/mol. The van der Waals surface area contributed by atoms with Crippen LogP contribution in [0.4, 0.5) is 11.4 Å². The van der Waals surface area contributed by atoms with Gasteiger partial charge in [0.05, 0.1) is 11.5 Å². The zero-order chi connectivity index (χ0) is 24.3. The molecule has 3 aromatic carbocycles. The highest BCUT2D eigenvalue weighted by Gasteiger charge is 2.05. The Bertz CT molecular complexity index is 1130. The van der Waals surface area contributed by atoms with Crippen molar-refractivity contribution in [1.82, 2.24) is 0 Å². The zero-order valence-electron chi connectivity index (χ0n) is 19.6. The highest BCUT2D eigenvalue weighted by molar-refractivity contribution is 5.76. The van der Waals surface area contributed by atoms with E-state index in [2.05, 4.69) is 43.0 Å². The van der Waals surface area contributed by atoms with Gasteiger partial charge in [0.15, 0.2) is 0 Å². The molecule has 34 heavy (non-hydrogen) atoms. The van der Waals surface area contributed by atoms with Gasteiger partial charge in [-0.1, -0.05) is 48.6 Å². The number of nitrogens with zero attached hydrogens (tertiary/aromatic N) is 2. The quantitative estimate of drug-likeness (QED) is 0.212. The molecular formula is C28H30N2O4. The van der Waals surface area contributed by atoms with E-state index in [1.807, 2.05) is 42.5 Å². The first kappa shape index (κ1) is 24.7. The maximum atomic E-state index is 10.8. The second kappa shape index (κ2) is 12.4. The molecule has 0 radical (unpaired) electrons. The molecule has 176 valence electrons. The van der Waals surface area contributed by atoms with Crippen LogP contribution in [0.5, 0.6) is 5.75 Å². The molecule has 0 aliphatic heterocycles. The number of rotatable bonds is 11. The first-order valence-corrected chi connectivity index (χ1v) is 11.4. The number of non-ortho nitro benzene ring substituents is 1. The third-order valence-corrected chi connectivity index (χ3v) is 5.44. The third-order valence-electron chi connectivity index (χ3n) is 5.44. The number of aliphatic hydroxyl groups is 1. The fraction of sp³-hybridized carbons (Fsp3) is 0.214. The topological polar surface area (TPSA) is 75.8 Å². The normalized spacial score (nSPS) is 11.3. The van der Waals surface area contributed by atoms with E-state index in [0.29, 0.717) is 5.75 Å². The molecule has 0 unspecified atom stereocenters. The Labute approximate surface area is 200 Å². The molecule has 6 heteroatoms. The van der Waals surface area contributed by atoms with Crippen molar-refractivity contribution >= 4 is 35.7 Å². The number of nitro groups is 1. The molecule has 0 saturated heterocycles. The second-order valence-electron chi connectivity index (χ2n) is 7.65. The van der Waals surface area contributed by atoms with Crippen LogP contribution in [-0.4, -0.2) is 36.3 Å². The van der Waals surface area contributed by atoms with Crippen LogP contribution in [0.1, 0.15) is 36.1 Å². The van der Waals surface area contributed by atoms with Gasteiger partial charge in [-0.05, 0) is 60.9 Å². The number of hydrogen-bond acceptors (Lipinski definition) is 5. The van der Waals surface area contributed by atoms with Crippen molar-refractivity contribution in [1.29, 1.82) is 0 Å². The van der Waals surface area contributed by atoms with E-state index in [1.165, 1.54) is 17.8 Å². The molecule has 0 atom stereocenters. The Morgan fingerprint density at radius 1 is 0.853 bits per heavy atom. The van der Waals surface area contributed by atoms with Crippen LogP contribution in [0.25, 0.3) is 24.3 Å². The van der Waals surface area contributed by atoms with Crippen LogP contribution < -0.4 is 9.64 Å². The molecule has 0 spiro atoms. The lowest BCUT2D eigenvalue weighted by molar-refractivity contribution is -0.384. The van der Waals surface area contributed by atoms with Gasteiger partial charge in [0.2, 0.25) is 0 Å². The number of benzene rings is 3. The largest absolute Gasteiger partial charge is 0.491 e. The van der Waals surface area contributed by atoms with Gasteiger partial charge in [0.25, 0.3) is 5.69 Å². The van der Waals surface area contributed by atoms with E-state index in [4.69, 9.17) is 4.74 Å². The summed E-state index contributed by atoms with van der Waals surface area (Å²) in [5.41, 5.74) is 5.06. The van der Waals surface area contributed by atoms with Gasteiger partial charge >= 0.3 is 0 Å². The Kier molecular flexibility index (Phi) is 9.00. The highest BCUT2D eigenvalue weighted by Crippen LogP contribution is 2.25. The van der Waals surface area contributed by atoms with Gasteiger partial charge in [-0.2, -0.15) is 0 Å². The van der Waals surface area contributed by atoms with Gasteiger partial charge in [0, 0.05) is 36.5 Å². The molecule has 0 aliphatic rings. The summed E-state index contributed by atoms with van der Waals surface area (Å²) in [4.78, 5) is 12.7. The lowest BCUT2D eigenvalue weighted by atomic mass is 10.1. The Morgan fingerprint density at radius 3 is 2.00 bits per heavy atom. The highest BCUT2D eigenvalue weighted by atomic mass is 16.6. The van der Waals surface area contributed by atoms with E-state index in [0.717, 1.165) is 35.3 Å². The standard InChI is InChI=1S/C28H30N2O4/c1-3-29(4-2)26-15-9-23(10-16-26)7-13-25-14-8-24(21-28(25)34-20-19-31)6-5-22-11-17-27(18-12-22)30(32)33/h5-18,21,31H,3-4,19-20H2,1-2H3/b6-5+,13-7+. The van der Waals surface area contributed by atoms with Crippen LogP contribution in [-0.2, 0) is 0 Å². The Morgan fingerprint density at radius 2 is 1.41 bits per heavy atom. The molecule has 1 N–H and O–H groups in total. The second-order valence-corrected chi connectivity index (χ2v) is 7.65. The fourth-order valence-corrected chi connectivity index (χ4v) is 3.54. The van der Waals surface area contributed by atoms with Crippen LogP contribution >= 0.6 is 0 Å². The van der Waals surface area contributed by atoms with Gasteiger partial charge in [-0.25, -0.2) is 0 Å². The molecule has 0 aliphatic carbocycles. The average Bonchev–Trinajstić information content (AvgIpc) is 2.87. The predicted molar refractivity (Wildman–Crippen MR) is 140 cm³/mol. The van der Waals surface area contributed by atoms with Gasteiger partial charge < -0.3 is 14.7 Å². The maximum absolute atomic E-state index is 10.8. The molecule has 0 bridgehead atoms. The Hall–Kier alpha value is -3.90. The monoisotopic (exact) mass is 458 g/mol. The van der Waals surface area contributed by atoms with E-state index in [9.17, 15) is 15.2 Å². The molecule has 0 aromatic heterocycles. The minimum Gasteiger partial charge on any atom is -0.491 e. The maximum Gasteiger partial charge on any atom is 0.269 e. The van der Waals surface area contributed by atoms with Crippen LogP contribution in [0.3, 0.4) is 0 Å². The van der Waals surface area contributed by atoms with Crippen molar-refractivity contribution in [3.63, 3.8) is 0 Å². The summed E-state index contributed by atoms with van der Waals surface area (Å²) in [7, 11) is 0. The van der Waals surface area contributed by atoms with Crippen molar-refractivity contribution in [3.05, 3.63) is 99.1 Å². The van der Waals surface area contributed by atoms with Gasteiger partial charge in [0.1, 0.15) is 12.4 Å². The molecule has 0 heterocycles. The lowest BCUT2D eigenvalue weighted by Gasteiger charge is -2.20. The van der Waals surface area contributed by atoms with Crippen molar-refractivity contribution in [3.8, 4) is 5.75 Å². The summed E-state index contributed by atoms with van der Waals surface area (Å²) in [5.74, 6) is 0.677. The lowest BCUT2D eigenvalue weighted by Crippen LogP contribution is -2.21.